The minimum absolute atomic E-state index is 0.413. The van der Waals surface area contributed by atoms with Crippen LogP contribution in [0.25, 0.3) is 32.7 Å². The molecule has 0 N–H and O–H groups in total. The first-order valence-electron chi connectivity index (χ1n) is 9.16. The van der Waals surface area contributed by atoms with Crippen LogP contribution in [0.1, 0.15) is 27.7 Å². The molecule has 2 heterocycles. The first-order valence-corrected chi connectivity index (χ1v) is 9.54. The maximum atomic E-state index is 6.42. The predicted molar refractivity (Wildman–Crippen MR) is 112 cm³/mol. The number of furan rings is 1. The van der Waals surface area contributed by atoms with Gasteiger partial charge < -0.3 is 13.7 Å². The molecule has 0 amide bonds. The number of rotatable bonds is 1. The molecule has 0 aliphatic carbocycles. The molecule has 4 aromatic rings. The van der Waals surface area contributed by atoms with Crippen LogP contribution < -0.4 is 5.46 Å². The molecule has 3 aromatic carbocycles. The van der Waals surface area contributed by atoms with Gasteiger partial charge >= 0.3 is 7.12 Å². The van der Waals surface area contributed by atoms with E-state index >= 15 is 0 Å². The standard InChI is InChI=1S/C22H20BClO3/c1-21(2)22(3,4)27-23(26-21)20-15-8-6-5-7-13(15)11-18-19(20)16-10-9-14(24)12-17(16)25-18/h5-12H,1-4H3. The summed E-state index contributed by atoms with van der Waals surface area (Å²) in [6.45, 7) is 8.29. The Morgan fingerprint density at radius 1 is 0.815 bits per heavy atom. The lowest BCUT2D eigenvalue weighted by Gasteiger charge is -2.32. The summed E-state index contributed by atoms with van der Waals surface area (Å²) < 4.78 is 19.0. The summed E-state index contributed by atoms with van der Waals surface area (Å²) in [4.78, 5) is 0. The molecule has 1 aliphatic rings. The van der Waals surface area contributed by atoms with Crippen LogP contribution in [0.5, 0.6) is 0 Å². The molecule has 0 radical (unpaired) electrons. The van der Waals surface area contributed by atoms with Crippen LogP contribution in [0.4, 0.5) is 0 Å². The highest BCUT2D eigenvalue weighted by atomic mass is 35.5. The van der Waals surface area contributed by atoms with E-state index in [0.29, 0.717) is 5.02 Å². The van der Waals surface area contributed by atoms with Crippen LogP contribution in [0, 0.1) is 0 Å². The summed E-state index contributed by atoms with van der Waals surface area (Å²) in [5, 5.41) is 4.91. The fourth-order valence-corrected chi connectivity index (χ4v) is 3.98. The number of fused-ring (bicyclic) bond motifs is 4. The molecule has 0 spiro atoms. The van der Waals surface area contributed by atoms with E-state index in [2.05, 4.69) is 45.9 Å². The minimum Gasteiger partial charge on any atom is -0.456 e. The first-order chi connectivity index (χ1) is 12.8. The molecule has 0 saturated carbocycles. The van der Waals surface area contributed by atoms with Crippen LogP contribution in [0.15, 0.2) is 52.9 Å². The highest BCUT2D eigenvalue weighted by Gasteiger charge is 2.52. The van der Waals surface area contributed by atoms with Crippen LogP contribution in [-0.4, -0.2) is 18.3 Å². The van der Waals surface area contributed by atoms with E-state index in [1.54, 1.807) is 0 Å². The summed E-state index contributed by atoms with van der Waals surface area (Å²) in [5.74, 6) is 0. The lowest BCUT2D eigenvalue weighted by Crippen LogP contribution is -2.41. The van der Waals surface area contributed by atoms with Crippen molar-refractivity contribution in [1.82, 2.24) is 0 Å². The van der Waals surface area contributed by atoms with Crippen molar-refractivity contribution in [3.63, 3.8) is 0 Å². The third kappa shape index (κ3) is 2.44. The maximum absolute atomic E-state index is 6.42. The molecule has 0 bridgehead atoms. The zero-order valence-corrected chi connectivity index (χ0v) is 16.6. The van der Waals surface area contributed by atoms with E-state index in [0.717, 1.165) is 38.2 Å². The molecule has 5 heteroatoms. The Morgan fingerprint density at radius 3 is 2.26 bits per heavy atom. The van der Waals surface area contributed by atoms with Crippen molar-refractivity contribution < 1.29 is 13.7 Å². The van der Waals surface area contributed by atoms with Gasteiger partial charge in [0.2, 0.25) is 0 Å². The summed E-state index contributed by atoms with van der Waals surface area (Å²) in [7, 11) is -0.472. The van der Waals surface area contributed by atoms with Crippen molar-refractivity contribution in [1.29, 1.82) is 0 Å². The molecule has 1 fully saturated rings. The molecular formula is C22H20BClO3. The second-order valence-corrected chi connectivity index (χ2v) is 8.65. The van der Waals surface area contributed by atoms with Gasteiger partial charge in [-0.1, -0.05) is 35.9 Å². The van der Waals surface area contributed by atoms with E-state index in [1.807, 2.05) is 30.3 Å². The highest BCUT2D eigenvalue weighted by Crippen LogP contribution is 2.39. The van der Waals surface area contributed by atoms with Crippen molar-refractivity contribution in [2.24, 2.45) is 0 Å². The lowest BCUT2D eigenvalue weighted by atomic mass is 9.73. The number of halogens is 1. The van der Waals surface area contributed by atoms with Crippen molar-refractivity contribution >= 4 is 56.9 Å². The molecule has 0 unspecified atom stereocenters. The van der Waals surface area contributed by atoms with E-state index in [-0.39, 0.29) is 0 Å². The van der Waals surface area contributed by atoms with Gasteiger partial charge in [0.1, 0.15) is 11.2 Å². The second-order valence-electron chi connectivity index (χ2n) is 8.22. The zero-order chi connectivity index (χ0) is 19.0. The van der Waals surface area contributed by atoms with Gasteiger partial charge in [-0.05, 0) is 56.7 Å². The van der Waals surface area contributed by atoms with Gasteiger partial charge in [0.25, 0.3) is 0 Å². The van der Waals surface area contributed by atoms with Gasteiger partial charge in [-0.25, -0.2) is 0 Å². The number of benzene rings is 3. The summed E-state index contributed by atoms with van der Waals surface area (Å²) in [6.07, 6.45) is 0. The third-order valence-corrected chi connectivity index (χ3v) is 6.21. The molecule has 3 nitrogen and oxygen atoms in total. The molecule has 136 valence electrons. The summed E-state index contributed by atoms with van der Waals surface area (Å²) in [5.41, 5.74) is 1.78. The normalized spacial score (nSPS) is 18.8. The molecule has 5 rings (SSSR count). The smallest absolute Gasteiger partial charge is 0.456 e. The molecule has 1 aliphatic heterocycles. The van der Waals surface area contributed by atoms with Crippen LogP contribution in [0.2, 0.25) is 5.02 Å². The van der Waals surface area contributed by atoms with Crippen molar-refractivity contribution in [3.8, 4) is 0 Å². The van der Waals surface area contributed by atoms with Gasteiger partial charge in [-0.3, -0.25) is 0 Å². The monoisotopic (exact) mass is 378 g/mol. The second kappa shape index (κ2) is 5.51. The third-order valence-electron chi connectivity index (χ3n) is 5.98. The van der Waals surface area contributed by atoms with Crippen molar-refractivity contribution in [2.45, 2.75) is 38.9 Å². The number of hydrogen-bond donors (Lipinski definition) is 0. The summed E-state index contributed by atoms with van der Waals surface area (Å²) >= 11 is 6.18. The Morgan fingerprint density at radius 2 is 1.52 bits per heavy atom. The van der Waals surface area contributed by atoms with Gasteiger partial charge in [0.05, 0.1) is 11.2 Å². The molecule has 1 saturated heterocycles. The van der Waals surface area contributed by atoms with Crippen LogP contribution in [-0.2, 0) is 9.31 Å². The maximum Gasteiger partial charge on any atom is 0.496 e. The van der Waals surface area contributed by atoms with Gasteiger partial charge in [-0.2, -0.15) is 0 Å². The zero-order valence-electron chi connectivity index (χ0n) is 15.8. The Labute approximate surface area is 163 Å². The number of hydrogen-bond acceptors (Lipinski definition) is 3. The average Bonchev–Trinajstić information content (AvgIpc) is 3.05. The average molecular weight is 379 g/mol. The topological polar surface area (TPSA) is 31.6 Å². The largest absolute Gasteiger partial charge is 0.496 e. The Balaban J connectivity index is 1.89. The van der Waals surface area contributed by atoms with Gasteiger partial charge in [-0.15, -0.1) is 0 Å². The van der Waals surface area contributed by atoms with Crippen molar-refractivity contribution in [3.05, 3.63) is 53.6 Å². The van der Waals surface area contributed by atoms with E-state index in [1.165, 1.54) is 0 Å². The Hall–Kier alpha value is -2.01. The van der Waals surface area contributed by atoms with Crippen LogP contribution >= 0.6 is 11.6 Å². The molecule has 27 heavy (non-hydrogen) atoms. The predicted octanol–water partition coefficient (Wildman–Crippen LogP) is 5.69. The van der Waals surface area contributed by atoms with Gasteiger partial charge in [0.15, 0.2) is 0 Å². The van der Waals surface area contributed by atoms with Crippen molar-refractivity contribution in [2.75, 3.05) is 0 Å². The highest BCUT2D eigenvalue weighted by molar-refractivity contribution is 6.69. The van der Waals surface area contributed by atoms with Gasteiger partial charge in [0, 0.05) is 27.3 Å². The molecule has 1 aromatic heterocycles. The van der Waals surface area contributed by atoms with E-state index < -0.39 is 18.3 Å². The lowest BCUT2D eigenvalue weighted by molar-refractivity contribution is 0.00578. The van der Waals surface area contributed by atoms with E-state index in [9.17, 15) is 0 Å². The molecular weight excluding hydrogens is 359 g/mol. The first kappa shape index (κ1) is 17.1. The minimum atomic E-state index is -0.472. The SMILES string of the molecule is CC1(C)OB(c2c3ccccc3cc3oc4cc(Cl)ccc4c23)OC1(C)C. The Bertz CT molecular complexity index is 1190. The fraction of sp³-hybridized carbons (Fsp3) is 0.273. The quantitative estimate of drug-likeness (QED) is 0.399. The fourth-order valence-electron chi connectivity index (χ4n) is 3.82. The summed E-state index contributed by atoms with van der Waals surface area (Å²) in [6, 6.07) is 16.1. The molecule has 0 atom stereocenters. The van der Waals surface area contributed by atoms with Crippen LogP contribution in [0.3, 0.4) is 0 Å². The Kier molecular flexibility index (Phi) is 3.49. The van der Waals surface area contributed by atoms with E-state index in [4.69, 9.17) is 25.3 Å².